The van der Waals surface area contributed by atoms with Crippen LogP contribution < -0.4 is 0 Å². The highest BCUT2D eigenvalue weighted by molar-refractivity contribution is 7.17. The molecule has 0 saturated heterocycles. The van der Waals surface area contributed by atoms with Gasteiger partial charge in [-0.2, -0.15) is 0 Å². The van der Waals surface area contributed by atoms with Crippen molar-refractivity contribution in [2.45, 2.75) is 0 Å². The molecular formula is C12H8N2OS. The Labute approximate surface area is 95.8 Å². The summed E-state index contributed by atoms with van der Waals surface area (Å²) in [4.78, 5) is 19.0. The predicted molar refractivity (Wildman–Crippen MR) is 63.8 cm³/mol. The molecule has 78 valence electrons. The van der Waals surface area contributed by atoms with E-state index in [1.807, 2.05) is 29.6 Å². The number of hydrogen-bond acceptors (Lipinski definition) is 3. The van der Waals surface area contributed by atoms with Crippen LogP contribution in [-0.4, -0.2) is 15.8 Å². The van der Waals surface area contributed by atoms with Crippen LogP contribution in [0.4, 0.5) is 0 Å². The number of ketones is 1. The maximum Gasteiger partial charge on any atom is 0.229 e. The van der Waals surface area contributed by atoms with Gasteiger partial charge in [0, 0.05) is 22.7 Å². The van der Waals surface area contributed by atoms with Gasteiger partial charge in [-0.3, -0.25) is 4.79 Å². The largest absolute Gasteiger partial charge is 0.342 e. The van der Waals surface area contributed by atoms with Gasteiger partial charge in [0.2, 0.25) is 5.78 Å². The Morgan fingerprint density at radius 2 is 2.25 bits per heavy atom. The van der Waals surface area contributed by atoms with E-state index in [-0.39, 0.29) is 5.78 Å². The number of thiophene rings is 1. The maximum atomic E-state index is 12.1. The molecule has 0 radical (unpaired) electrons. The molecule has 16 heavy (non-hydrogen) atoms. The van der Waals surface area contributed by atoms with E-state index in [4.69, 9.17) is 0 Å². The lowest BCUT2D eigenvalue weighted by molar-refractivity contribution is 0.103. The van der Waals surface area contributed by atoms with Gasteiger partial charge < -0.3 is 4.98 Å². The standard InChI is InChI=1S/C12H8N2OS/c15-10(12-13-5-6-14-12)9-3-1-2-8-4-7-16-11(8)9/h1-7H,(H,13,14). The fraction of sp³-hybridized carbons (Fsp3) is 0. The van der Waals surface area contributed by atoms with Crippen molar-refractivity contribution in [2.75, 3.05) is 0 Å². The van der Waals surface area contributed by atoms with E-state index in [1.165, 1.54) is 0 Å². The highest BCUT2D eigenvalue weighted by atomic mass is 32.1. The third kappa shape index (κ3) is 1.35. The van der Waals surface area contributed by atoms with Gasteiger partial charge in [-0.15, -0.1) is 11.3 Å². The Hall–Kier alpha value is -1.94. The topological polar surface area (TPSA) is 45.8 Å². The zero-order chi connectivity index (χ0) is 11.0. The minimum atomic E-state index is -0.0574. The van der Waals surface area contributed by atoms with Crippen LogP contribution in [0.15, 0.2) is 42.0 Å². The van der Waals surface area contributed by atoms with Crippen molar-refractivity contribution in [1.82, 2.24) is 9.97 Å². The van der Waals surface area contributed by atoms with Crippen LogP contribution >= 0.6 is 11.3 Å². The number of fused-ring (bicyclic) bond motifs is 1. The molecule has 0 amide bonds. The molecule has 0 aliphatic carbocycles. The molecule has 3 nitrogen and oxygen atoms in total. The smallest absolute Gasteiger partial charge is 0.229 e. The fourth-order valence-corrected chi connectivity index (χ4v) is 2.60. The lowest BCUT2D eigenvalue weighted by Gasteiger charge is -1.99. The Bertz CT molecular complexity index is 640. The quantitative estimate of drug-likeness (QED) is 0.685. The fourth-order valence-electron chi connectivity index (χ4n) is 1.69. The molecule has 3 aromatic rings. The van der Waals surface area contributed by atoms with E-state index >= 15 is 0 Å². The van der Waals surface area contributed by atoms with Gasteiger partial charge in [0.1, 0.15) is 0 Å². The highest BCUT2D eigenvalue weighted by Crippen LogP contribution is 2.25. The molecule has 0 aliphatic rings. The van der Waals surface area contributed by atoms with Crippen LogP contribution in [0.25, 0.3) is 10.1 Å². The SMILES string of the molecule is O=C(c1ncc[nH]1)c1cccc2ccsc12. The van der Waals surface area contributed by atoms with Crippen molar-refractivity contribution in [3.05, 3.63) is 53.4 Å². The predicted octanol–water partition coefficient (Wildman–Crippen LogP) is 2.86. The van der Waals surface area contributed by atoms with Crippen molar-refractivity contribution >= 4 is 27.2 Å². The lowest BCUT2D eigenvalue weighted by atomic mass is 10.1. The van der Waals surface area contributed by atoms with E-state index < -0.39 is 0 Å². The Morgan fingerprint density at radius 1 is 1.31 bits per heavy atom. The third-order valence-electron chi connectivity index (χ3n) is 2.44. The number of nitrogens with one attached hydrogen (secondary N) is 1. The third-order valence-corrected chi connectivity index (χ3v) is 3.40. The monoisotopic (exact) mass is 228 g/mol. The summed E-state index contributed by atoms with van der Waals surface area (Å²) in [5.41, 5.74) is 0.711. The summed E-state index contributed by atoms with van der Waals surface area (Å²) in [6, 6.07) is 7.75. The van der Waals surface area contributed by atoms with E-state index in [9.17, 15) is 4.79 Å². The molecule has 2 aromatic heterocycles. The Balaban J connectivity index is 2.19. The number of benzene rings is 1. The first-order valence-corrected chi connectivity index (χ1v) is 5.74. The summed E-state index contributed by atoms with van der Waals surface area (Å²) in [6.45, 7) is 0. The van der Waals surface area contributed by atoms with E-state index in [1.54, 1.807) is 23.7 Å². The number of hydrogen-bond donors (Lipinski definition) is 1. The molecule has 3 rings (SSSR count). The summed E-state index contributed by atoms with van der Waals surface area (Å²) >= 11 is 1.58. The number of nitrogens with zero attached hydrogens (tertiary/aromatic N) is 1. The van der Waals surface area contributed by atoms with Crippen molar-refractivity contribution in [3.8, 4) is 0 Å². The van der Waals surface area contributed by atoms with Gasteiger partial charge >= 0.3 is 0 Å². The molecular weight excluding hydrogens is 220 g/mol. The first kappa shape index (κ1) is 9.30. The summed E-state index contributed by atoms with van der Waals surface area (Å²) in [5.74, 6) is 0.332. The van der Waals surface area contributed by atoms with Crippen molar-refractivity contribution in [2.24, 2.45) is 0 Å². The molecule has 0 aliphatic heterocycles. The zero-order valence-corrected chi connectivity index (χ0v) is 9.12. The van der Waals surface area contributed by atoms with Crippen LogP contribution in [-0.2, 0) is 0 Å². The highest BCUT2D eigenvalue weighted by Gasteiger charge is 2.14. The van der Waals surface area contributed by atoms with Gasteiger partial charge in [-0.25, -0.2) is 4.98 Å². The molecule has 0 bridgehead atoms. The van der Waals surface area contributed by atoms with Crippen molar-refractivity contribution < 1.29 is 4.79 Å². The number of carbonyl (C=O) groups is 1. The van der Waals surface area contributed by atoms with Crippen LogP contribution in [0.1, 0.15) is 16.2 Å². The van der Waals surface area contributed by atoms with Gasteiger partial charge in [-0.05, 0) is 22.9 Å². The number of imidazole rings is 1. The summed E-state index contributed by atoms with van der Waals surface area (Å²) in [6.07, 6.45) is 3.24. The molecule has 0 fully saturated rings. The average molecular weight is 228 g/mol. The number of aromatic nitrogens is 2. The number of aromatic amines is 1. The molecule has 2 heterocycles. The molecule has 0 atom stereocenters. The van der Waals surface area contributed by atoms with Gasteiger partial charge in [0.05, 0.1) is 0 Å². The molecule has 1 aromatic carbocycles. The second kappa shape index (κ2) is 3.57. The first-order chi connectivity index (χ1) is 7.86. The maximum absolute atomic E-state index is 12.1. The van der Waals surface area contributed by atoms with Crippen molar-refractivity contribution in [1.29, 1.82) is 0 Å². The number of rotatable bonds is 2. The Kier molecular flexibility index (Phi) is 2.08. The minimum Gasteiger partial charge on any atom is -0.342 e. The number of H-pyrrole nitrogens is 1. The zero-order valence-electron chi connectivity index (χ0n) is 8.31. The van der Waals surface area contributed by atoms with E-state index in [0.29, 0.717) is 11.4 Å². The average Bonchev–Trinajstić information content (AvgIpc) is 2.98. The van der Waals surface area contributed by atoms with Crippen LogP contribution in [0, 0.1) is 0 Å². The van der Waals surface area contributed by atoms with Crippen molar-refractivity contribution in [3.63, 3.8) is 0 Å². The number of carbonyl (C=O) groups excluding carboxylic acids is 1. The van der Waals surface area contributed by atoms with Crippen LogP contribution in [0.2, 0.25) is 0 Å². The second-order valence-electron chi connectivity index (χ2n) is 3.41. The molecule has 0 saturated carbocycles. The van der Waals surface area contributed by atoms with Gasteiger partial charge in [-0.1, -0.05) is 12.1 Å². The summed E-state index contributed by atoms with van der Waals surface area (Å²) < 4.78 is 1.02. The molecule has 0 spiro atoms. The lowest BCUT2D eigenvalue weighted by Crippen LogP contribution is -2.03. The second-order valence-corrected chi connectivity index (χ2v) is 4.33. The molecule has 4 heteroatoms. The molecule has 0 unspecified atom stereocenters. The summed E-state index contributed by atoms with van der Waals surface area (Å²) in [5, 5.41) is 3.09. The normalized spacial score (nSPS) is 10.8. The van der Waals surface area contributed by atoms with E-state index in [2.05, 4.69) is 9.97 Å². The van der Waals surface area contributed by atoms with Crippen LogP contribution in [0.3, 0.4) is 0 Å². The first-order valence-electron chi connectivity index (χ1n) is 4.86. The van der Waals surface area contributed by atoms with Gasteiger partial charge in [0.15, 0.2) is 5.82 Å². The summed E-state index contributed by atoms with van der Waals surface area (Å²) in [7, 11) is 0. The Morgan fingerprint density at radius 3 is 3.06 bits per heavy atom. The van der Waals surface area contributed by atoms with Crippen LogP contribution in [0.5, 0.6) is 0 Å². The van der Waals surface area contributed by atoms with E-state index in [0.717, 1.165) is 10.1 Å². The van der Waals surface area contributed by atoms with Gasteiger partial charge in [0.25, 0.3) is 0 Å². The molecule has 1 N–H and O–H groups in total. The minimum absolute atomic E-state index is 0.0574.